The lowest BCUT2D eigenvalue weighted by Gasteiger charge is -2.06. The molecule has 2 N–H and O–H groups in total. The molecule has 0 bridgehead atoms. The van der Waals surface area contributed by atoms with Gasteiger partial charge in [0.15, 0.2) is 0 Å². The Morgan fingerprint density at radius 3 is 2.63 bits per heavy atom. The van der Waals surface area contributed by atoms with Crippen molar-refractivity contribution in [3.05, 3.63) is 47.3 Å². The Labute approximate surface area is 119 Å². The predicted molar refractivity (Wildman–Crippen MR) is 80.0 cm³/mol. The monoisotopic (exact) mass is 295 g/mol. The second-order valence-electron chi connectivity index (χ2n) is 4.03. The van der Waals surface area contributed by atoms with Crippen molar-refractivity contribution in [1.29, 1.82) is 0 Å². The van der Waals surface area contributed by atoms with Gasteiger partial charge in [-0.1, -0.05) is 18.2 Å². The van der Waals surface area contributed by atoms with Crippen LogP contribution >= 0.6 is 11.3 Å². The number of benzene rings is 1. The molecule has 0 fully saturated rings. The molecule has 2 rings (SSSR count). The van der Waals surface area contributed by atoms with Crippen LogP contribution in [0.2, 0.25) is 0 Å². The van der Waals surface area contributed by atoms with Crippen molar-refractivity contribution in [3.63, 3.8) is 0 Å². The second-order valence-corrected chi connectivity index (χ2v) is 6.78. The van der Waals surface area contributed by atoms with Gasteiger partial charge in [0, 0.05) is 12.3 Å². The number of hydrogen-bond donors (Lipinski definition) is 1. The highest BCUT2D eigenvalue weighted by Gasteiger charge is 2.04. The zero-order valence-electron chi connectivity index (χ0n) is 10.6. The third-order valence-electron chi connectivity index (χ3n) is 2.62. The minimum absolute atomic E-state index is 0.542. The number of hydrogen-bond acceptors (Lipinski definition) is 4. The average Bonchev–Trinajstić information content (AvgIpc) is 2.98. The molecule has 19 heavy (non-hydrogen) atoms. The Hall–Kier alpha value is -1.17. The van der Waals surface area contributed by atoms with E-state index in [4.69, 9.17) is 10.5 Å². The van der Waals surface area contributed by atoms with Crippen molar-refractivity contribution >= 4 is 22.1 Å². The van der Waals surface area contributed by atoms with Gasteiger partial charge in [-0.25, -0.2) is 0 Å². The summed E-state index contributed by atoms with van der Waals surface area (Å²) in [5.41, 5.74) is 6.62. The molecule has 0 saturated carbocycles. The summed E-state index contributed by atoms with van der Waals surface area (Å²) in [6, 6.07) is 11.6. The number of nitrogens with two attached hydrogens (primary N) is 1. The quantitative estimate of drug-likeness (QED) is 0.799. The lowest BCUT2D eigenvalue weighted by molar-refractivity contribution is 0.318. The topological polar surface area (TPSA) is 52.3 Å². The molecule has 102 valence electrons. The van der Waals surface area contributed by atoms with Crippen molar-refractivity contribution in [2.75, 3.05) is 12.4 Å². The fourth-order valence-corrected chi connectivity index (χ4v) is 3.70. The van der Waals surface area contributed by atoms with Crippen LogP contribution in [0.15, 0.2) is 46.0 Å². The molecular formula is C14H17NO2S2. The first kappa shape index (κ1) is 14.2. The van der Waals surface area contributed by atoms with Gasteiger partial charge in [0.25, 0.3) is 0 Å². The summed E-state index contributed by atoms with van der Waals surface area (Å²) in [5.74, 6) is 1.47. The largest absolute Gasteiger partial charge is 0.494 e. The minimum Gasteiger partial charge on any atom is -0.494 e. The molecule has 0 aliphatic rings. The molecular weight excluding hydrogens is 278 g/mol. The van der Waals surface area contributed by atoms with Gasteiger partial charge in [0.1, 0.15) is 5.75 Å². The van der Waals surface area contributed by atoms with Gasteiger partial charge in [0.05, 0.1) is 21.6 Å². The third kappa shape index (κ3) is 4.45. The number of rotatable bonds is 7. The van der Waals surface area contributed by atoms with Crippen molar-refractivity contribution in [2.24, 2.45) is 5.73 Å². The van der Waals surface area contributed by atoms with Crippen LogP contribution in [0.4, 0.5) is 0 Å². The maximum atomic E-state index is 11.9. The smallest absolute Gasteiger partial charge is 0.119 e. The van der Waals surface area contributed by atoms with Crippen LogP contribution in [0.1, 0.15) is 12.0 Å². The van der Waals surface area contributed by atoms with Crippen molar-refractivity contribution < 1.29 is 8.95 Å². The van der Waals surface area contributed by atoms with Gasteiger partial charge < -0.3 is 10.5 Å². The van der Waals surface area contributed by atoms with E-state index in [0.717, 1.165) is 21.9 Å². The van der Waals surface area contributed by atoms with Crippen molar-refractivity contribution in [3.8, 4) is 5.75 Å². The second kappa shape index (κ2) is 7.43. The summed E-state index contributed by atoms with van der Waals surface area (Å²) in [4.78, 5) is 0. The minimum atomic E-state index is -0.893. The normalized spacial score (nSPS) is 12.3. The predicted octanol–water partition coefficient (Wildman–Crippen LogP) is 2.78. The Kier molecular flexibility index (Phi) is 5.57. The van der Waals surface area contributed by atoms with E-state index in [0.29, 0.717) is 18.9 Å². The highest BCUT2D eigenvalue weighted by molar-refractivity contribution is 7.87. The highest BCUT2D eigenvalue weighted by atomic mass is 32.2. The lowest BCUT2D eigenvalue weighted by atomic mass is 10.2. The summed E-state index contributed by atoms with van der Waals surface area (Å²) >= 11 is 1.54. The molecule has 1 unspecified atom stereocenters. The molecule has 1 aromatic carbocycles. The summed E-state index contributed by atoms with van der Waals surface area (Å²) in [5, 5.41) is 1.95. The summed E-state index contributed by atoms with van der Waals surface area (Å²) in [7, 11) is -0.893. The van der Waals surface area contributed by atoms with Crippen LogP contribution in [0, 0.1) is 0 Å². The van der Waals surface area contributed by atoms with Crippen molar-refractivity contribution in [1.82, 2.24) is 0 Å². The molecule has 1 heterocycles. The first-order valence-electron chi connectivity index (χ1n) is 6.13. The molecule has 0 aliphatic heterocycles. The van der Waals surface area contributed by atoms with Crippen LogP contribution < -0.4 is 10.5 Å². The average molecular weight is 295 g/mol. The molecule has 1 aromatic heterocycles. The van der Waals surface area contributed by atoms with Crippen LogP contribution in [-0.2, 0) is 17.3 Å². The van der Waals surface area contributed by atoms with Crippen molar-refractivity contribution in [2.45, 2.75) is 17.2 Å². The number of ether oxygens (including phenoxy) is 1. The Morgan fingerprint density at radius 2 is 2.00 bits per heavy atom. The first-order valence-corrected chi connectivity index (χ1v) is 8.33. The molecule has 5 heteroatoms. The third-order valence-corrected chi connectivity index (χ3v) is 5.37. The zero-order chi connectivity index (χ0) is 13.5. The summed E-state index contributed by atoms with van der Waals surface area (Å²) < 4.78 is 18.4. The Balaban J connectivity index is 1.70. The molecule has 0 amide bonds. The molecule has 0 aliphatic carbocycles. The van der Waals surface area contributed by atoms with Gasteiger partial charge in [-0.2, -0.15) is 0 Å². The summed E-state index contributed by atoms with van der Waals surface area (Å²) in [6.45, 7) is 1.12. The zero-order valence-corrected chi connectivity index (χ0v) is 12.2. The number of thiophene rings is 1. The molecule has 1 atom stereocenters. The van der Waals surface area contributed by atoms with Gasteiger partial charge in [-0.05, 0) is 35.6 Å². The molecule has 0 radical (unpaired) electrons. The fraction of sp³-hybridized carbons (Fsp3) is 0.286. The molecule has 0 saturated heterocycles. The van der Waals surface area contributed by atoms with Gasteiger partial charge in [-0.15, -0.1) is 11.3 Å². The van der Waals surface area contributed by atoms with E-state index in [1.54, 1.807) is 0 Å². The van der Waals surface area contributed by atoms with Gasteiger partial charge >= 0.3 is 0 Å². The Bertz CT molecular complexity index is 509. The SMILES string of the molecule is NCc1ccc(OCCCS(=O)c2cccs2)cc1. The van der Waals surface area contributed by atoms with Crippen LogP contribution in [0.3, 0.4) is 0 Å². The van der Waals surface area contributed by atoms with E-state index in [2.05, 4.69) is 0 Å². The van der Waals surface area contributed by atoms with Crippen LogP contribution in [0.25, 0.3) is 0 Å². The van der Waals surface area contributed by atoms with E-state index in [1.165, 1.54) is 11.3 Å². The van der Waals surface area contributed by atoms with Crippen LogP contribution in [-0.4, -0.2) is 16.6 Å². The molecule has 3 nitrogen and oxygen atoms in total. The highest BCUT2D eigenvalue weighted by Crippen LogP contribution is 2.15. The van der Waals surface area contributed by atoms with E-state index >= 15 is 0 Å². The maximum absolute atomic E-state index is 11.9. The van der Waals surface area contributed by atoms with Crippen LogP contribution in [0.5, 0.6) is 5.75 Å². The standard InChI is InChI=1S/C14H17NO2S2/c15-11-12-4-6-13(7-5-12)17-8-2-10-19(16)14-3-1-9-18-14/h1,3-7,9H,2,8,10-11,15H2. The van der Waals surface area contributed by atoms with E-state index in [-0.39, 0.29) is 0 Å². The van der Waals surface area contributed by atoms with Gasteiger partial charge in [-0.3, -0.25) is 4.21 Å². The molecule has 2 aromatic rings. The van der Waals surface area contributed by atoms with E-state index < -0.39 is 10.8 Å². The fourth-order valence-electron chi connectivity index (χ4n) is 1.60. The summed E-state index contributed by atoms with van der Waals surface area (Å²) in [6.07, 6.45) is 0.781. The first-order chi connectivity index (χ1) is 9.29. The Morgan fingerprint density at radius 1 is 1.21 bits per heavy atom. The molecule has 0 spiro atoms. The maximum Gasteiger partial charge on any atom is 0.119 e. The van der Waals surface area contributed by atoms with E-state index in [9.17, 15) is 4.21 Å². The lowest BCUT2D eigenvalue weighted by Crippen LogP contribution is -2.04. The van der Waals surface area contributed by atoms with Gasteiger partial charge in [0.2, 0.25) is 0 Å². The van der Waals surface area contributed by atoms with E-state index in [1.807, 2.05) is 41.8 Å².